The number of rotatable bonds is 0. The van der Waals surface area contributed by atoms with E-state index in [4.69, 9.17) is 0 Å². The molecule has 1 aliphatic heterocycles. The molecule has 0 spiro atoms. The van der Waals surface area contributed by atoms with Crippen LogP contribution >= 0.6 is 0 Å². The Bertz CT molecular complexity index is 211. The number of hydrogen-bond acceptors (Lipinski definition) is 1. The quantitative estimate of drug-likeness (QED) is 0.449. The van der Waals surface area contributed by atoms with Crippen LogP contribution < -0.4 is 0 Å². The highest BCUT2D eigenvalue weighted by atomic mass is 14.8. The Morgan fingerprint density at radius 3 is 3.40 bits per heavy atom. The fraction of sp³-hybridized carbons (Fsp3) is 0.444. The summed E-state index contributed by atoms with van der Waals surface area (Å²) in [6.07, 6.45) is 12.2. The normalized spacial score (nSPS) is 29.6. The van der Waals surface area contributed by atoms with Crippen LogP contribution in [0.2, 0.25) is 0 Å². The van der Waals surface area contributed by atoms with Crippen molar-refractivity contribution < 1.29 is 0 Å². The molecule has 1 nitrogen and oxygen atoms in total. The van der Waals surface area contributed by atoms with Crippen LogP contribution in [-0.2, 0) is 0 Å². The fourth-order valence-electron chi connectivity index (χ4n) is 1.49. The van der Waals surface area contributed by atoms with Gasteiger partial charge in [-0.1, -0.05) is 18.2 Å². The maximum absolute atomic E-state index is 4.37. The second kappa shape index (κ2) is 2.41. The number of nitrogens with zero attached hydrogens (tertiary/aromatic N) is 1. The van der Waals surface area contributed by atoms with E-state index in [9.17, 15) is 0 Å². The lowest BCUT2D eigenvalue weighted by Crippen LogP contribution is -2.12. The molecule has 0 aromatic heterocycles. The van der Waals surface area contributed by atoms with E-state index in [1.165, 1.54) is 12.0 Å². The zero-order valence-corrected chi connectivity index (χ0v) is 5.96. The average Bonchev–Trinajstić information content (AvgIpc) is 2.05. The van der Waals surface area contributed by atoms with Gasteiger partial charge in [0.05, 0.1) is 6.04 Å². The number of hydrogen-bond donors (Lipinski definition) is 0. The van der Waals surface area contributed by atoms with E-state index in [1.807, 2.05) is 6.21 Å². The molecule has 0 saturated heterocycles. The van der Waals surface area contributed by atoms with Crippen molar-refractivity contribution in [2.45, 2.75) is 25.3 Å². The van der Waals surface area contributed by atoms with Gasteiger partial charge in [-0.2, -0.15) is 0 Å². The fourth-order valence-corrected chi connectivity index (χ4v) is 1.49. The Balaban J connectivity index is 2.26. The van der Waals surface area contributed by atoms with Crippen LogP contribution in [0.1, 0.15) is 19.3 Å². The molecule has 2 rings (SSSR count). The monoisotopic (exact) mass is 133 g/mol. The zero-order chi connectivity index (χ0) is 6.81. The largest absolute Gasteiger partial charge is 0.286 e. The third-order valence-electron chi connectivity index (χ3n) is 2.04. The molecule has 0 amide bonds. The van der Waals surface area contributed by atoms with Crippen molar-refractivity contribution in [2.24, 2.45) is 4.99 Å². The Morgan fingerprint density at radius 2 is 2.50 bits per heavy atom. The van der Waals surface area contributed by atoms with Crippen molar-refractivity contribution in [2.75, 3.05) is 0 Å². The summed E-state index contributed by atoms with van der Waals surface area (Å²) in [7, 11) is 0. The number of allylic oxidation sites excluding steroid dienone is 2. The molecule has 10 heavy (non-hydrogen) atoms. The molecule has 1 heteroatoms. The first-order valence-corrected chi connectivity index (χ1v) is 3.84. The van der Waals surface area contributed by atoms with Gasteiger partial charge in [-0.3, -0.25) is 4.99 Å². The number of fused-ring (bicyclic) bond motifs is 1. The minimum absolute atomic E-state index is 0.405. The van der Waals surface area contributed by atoms with Gasteiger partial charge in [0, 0.05) is 6.21 Å². The molecule has 0 aromatic carbocycles. The second-order valence-electron chi connectivity index (χ2n) is 2.76. The molecular formula is C9H11N. The van der Waals surface area contributed by atoms with E-state index < -0.39 is 0 Å². The summed E-state index contributed by atoms with van der Waals surface area (Å²) in [4.78, 5) is 4.37. The topological polar surface area (TPSA) is 12.4 Å². The molecule has 0 saturated carbocycles. The first-order chi connectivity index (χ1) is 4.97. The van der Waals surface area contributed by atoms with Crippen molar-refractivity contribution in [1.82, 2.24) is 0 Å². The predicted octanol–water partition coefficient (Wildman–Crippen LogP) is 2.11. The molecule has 1 aliphatic carbocycles. The standard InChI is InChI=1S/C9H11N/c1-2-6-9-8(4-1)5-3-7-10-9/h2,4,6-7,9H,1,3,5H2. The summed E-state index contributed by atoms with van der Waals surface area (Å²) in [6, 6.07) is 0.405. The van der Waals surface area contributed by atoms with Gasteiger partial charge in [-0.05, 0) is 24.8 Å². The Hall–Kier alpha value is -0.850. The molecule has 0 bridgehead atoms. The first kappa shape index (κ1) is 5.90. The van der Waals surface area contributed by atoms with Gasteiger partial charge in [-0.15, -0.1) is 0 Å². The third-order valence-corrected chi connectivity index (χ3v) is 2.04. The second-order valence-corrected chi connectivity index (χ2v) is 2.76. The van der Waals surface area contributed by atoms with Crippen LogP contribution in [0.5, 0.6) is 0 Å². The Labute approximate surface area is 61.2 Å². The summed E-state index contributed by atoms with van der Waals surface area (Å²) in [6.45, 7) is 0. The van der Waals surface area contributed by atoms with Crippen molar-refractivity contribution in [3.8, 4) is 0 Å². The maximum atomic E-state index is 4.37. The van der Waals surface area contributed by atoms with E-state index in [0.29, 0.717) is 6.04 Å². The van der Waals surface area contributed by atoms with Crippen molar-refractivity contribution in [1.29, 1.82) is 0 Å². The minimum atomic E-state index is 0.405. The van der Waals surface area contributed by atoms with Gasteiger partial charge < -0.3 is 0 Å². The highest BCUT2D eigenvalue weighted by Gasteiger charge is 2.13. The summed E-state index contributed by atoms with van der Waals surface area (Å²) in [5.74, 6) is 0. The highest BCUT2D eigenvalue weighted by Crippen LogP contribution is 2.22. The SMILES string of the molecule is C1=CC2N=CCCC2=CC1. The lowest BCUT2D eigenvalue weighted by atomic mass is 9.95. The molecular weight excluding hydrogens is 122 g/mol. The highest BCUT2D eigenvalue weighted by molar-refractivity contribution is 5.61. The molecule has 0 N–H and O–H groups in total. The van der Waals surface area contributed by atoms with E-state index in [-0.39, 0.29) is 0 Å². The molecule has 52 valence electrons. The smallest absolute Gasteiger partial charge is 0.0886 e. The molecule has 0 aromatic rings. The molecule has 1 atom stereocenters. The first-order valence-electron chi connectivity index (χ1n) is 3.84. The molecule has 2 aliphatic rings. The lowest BCUT2D eigenvalue weighted by Gasteiger charge is -2.19. The summed E-state index contributed by atoms with van der Waals surface area (Å²) in [5, 5.41) is 0. The van der Waals surface area contributed by atoms with E-state index in [2.05, 4.69) is 23.2 Å². The molecule has 1 unspecified atom stereocenters. The molecule has 1 heterocycles. The van der Waals surface area contributed by atoms with Gasteiger partial charge in [-0.25, -0.2) is 0 Å². The summed E-state index contributed by atoms with van der Waals surface area (Å²) < 4.78 is 0. The van der Waals surface area contributed by atoms with Gasteiger partial charge in [0.25, 0.3) is 0 Å². The summed E-state index contributed by atoms with van der Waals surface area (Å²) >= 11 is 0. The van der Waals surface area contributed by atoms with E-state index in [0.717, 1.165) is 12.8 Å². The Kier molecular flexibility index (Phi) is 1.42. The van der Waals surface area contributed by atoms with Crippen LogP contribution in [0, 0.1) is 0 Å². The molecule has 0 radical (unpaired) electrons. The van der Waals surface area contributed by atoms with Crippen LogP contribution in [0.4, 0.5) is 0 Å². The van der Waals surface area contributed by atoms with Crippen molar-refractivity contribution >= 4 is 6.21 Å². The van der Waals surface area contributed by atoms with Gasteiger partial charge in [0.1, 0.15) is 0 Å². The zero-order valence-electron chi connectivity index (χ0n) is 5.96. The predicted molar refractivity (Wildman–Crippen MR) is 43.4 cm³/mol. The van der Waals surface area contributed by atoms with Gasteiger partial charge >= 0.3 is 0 Å². The van der Waals surface area contributed by atoms with Crippen molar-refractivity contribution in [3.63, 3.8) is 0 Å². The minimum Gasteiger partial charge on any atom is -0.286 e. The third kappa shape index (κ3) is 0.919. The Morgan fingerprint density at radius 1 is 1.50 bits per heavy atom. The van der Waals surface area contributed by atoms with Crippen LogP contribution in [0.15, 0.2) is 28.8 Å². The average molecular weight is 133 g/mol. The van der Waals surface area contributed by atoms with Gasteiger partial charge in [0.2, 0.25) is 0 Å². The van der Waals surface area contributed by atoms with E-state index >= 15 is 0 Å². The van der Waals surface area contributed by atoms with Crippen LogP contribution in [0.3, 0.4) is 0 Å². The van der Waals surface area contributed by atoms with Crippen molar-refractivity contribution in [3.05, 3.63) is 23.8 Å². The lowest BCUT2D eigenvalue weighted by molar-refractivity contribution is 0.805. The van der Waals surface area contributed by atoms with Crippen LogP contribution in [0.25, 0.3) is 0 Å². The maximum Gasteiger partial charge on any atom is 0.0886 e. The van der Waals surface area contributed by atoms with E-state index in [1.54, 1.807) is 0 Å². The van der Waals surface area contributed by atoms with Crippen LogP contribution in [-0.4, -0.2) is 12.3 Å². The molecule has 0 fully saturated rings. The van der Waals surface area contributed by atoms with Gasteiger partial charge in [0.15, 0.2) is 0 Å². The number of aliphatic imine (C=N–C) groups is 1. The summed E-state index contributed by atoms with van der Waals surface area (Å²) in [5.41, 5.74) is 1.52.